The van der Waals surface area contributed by atoms with Gasteiger partial charge in [-0.2, -0.15) is 0 Å². The Morgan fingerprint density at radius 2 is 2.11 bits per heavy atom. The summed E-state index contributed by atoms with van der Waals surface area (Å²) in [6.07, 6.45) is 6.40. The van der Waals surface area contributed by atoms with Crippen LogP contribution in [0.4, 0.5) is 0 Å². The molecule has 1 aromatic rings. The molecule has 1 atom stereocenters. The summed E-state index contributed by atoms with van der Waals surface area (Å²) in [4.78, 5) is 4.17. The molecule has 102 valence electrons. The molecule has 0 aliphatic rings. The molecule has 0 aliphatic carbocycles. The molecule has 0 fully saturated rings. The Labute approximate surface area is 110 Å². The lowest BCUT2D eigenvalue weighted by Crippen LogP contribution is -2.12. The topological polar surface area (TPSA) is 57.4 Å². The molecule has 0 bridgehead atoms. The minimum atomic E-state index is 0.00290. The van der Waals surface area contributed by atoms with E-state index in [1.165, 1.54) is 0 Å². The van der Waals surface area contributed by atoms with Gasteiger partial charge in [0.15, 0.2) is 0 Å². The van der Waals surface area contributed by atoms with Gasteiger partial charge in [-0.25, -0.2) is 0 Å². The number of nitrogens with zero attached hydrogens (tertiary/aromatic N) is 1. The zero-order valence-electron chi connectivity index (χ0n) is 11.4. The third kappa shape index (κ3) is 5.47. The molecule has 4 heteroatoms. The van der Waals surface area contributed by atoms with E-state index in [2.05, 4.69) is 11.9 Å². The Balaban J connectivity index is 2.43. The van der Waals surface area contributed by atoms with Crippen LogP contribution in [-0.4, -0.2) is 24.8 Å². The van der Waals surface area contributed by atoms with Crippen molar-refractivity contribution in [2.45, 2.75) is 39.2 Å². The van der Waals surface area contributed by atoms with Gasteiger partial charge in [0.25, 0.3) is 0 Å². The first-order chi connectivity index (χ1) is 8.77. The second-order valence-corrected chi connectivity index (χ2v) is 4.25. The molecule has 0 aromatic carbocycles. The number of hydrogen-bond acceptors (Lipinski definition) is 4. The quantitative estimate of drug-likeness (QED) is 0.686. The highest BCUT2D eigenvalue weighted by Gasteiger charge is 2.07. The Morgan fingerprint density at radius 1 is 1.28 bits per heavy atom. The molecule has 4 nitrogen and oxygen atoms in total. The van der Waals surface area contributed by atoms with Crippen LogP contribution < -0.4 is 10.5 Å². The minimum absolute atomic E-state index is 0.00290. The smallest absolute Gasteiger partial charge is 0.137 e. The summed E-state index contributed by atoms with van der Waals surface area (Å²) in [5.41, 5.74) is 7.15. The Kier molecular flexibility index (Phi) is 7.37. The van der Waals surface area contributed by atoms with E-state index in [0.717, 1.165) is 43.8 Å². The average molecular weight is 252 g/mol. The van der Waals surface area contributed by atoms with Gasteiger partial charge >= 0.3 is 0 Å². The number of nitrogens with two attached hydrogens (primary N) is 1. The lowest BCUT2D eigenvalue weighted by atomic mass is 10.1. The largest absolute Gasteiger partial charge is 0.492 e. The van der Waals surface area contributed by atoms with Crippen LogP contribution in [0.25, 0.3) is 0 Å². The van der Waals surface area contributed by atoms with Crippen molar-refractivity contribution in [3.63, 3.8) is 0 Å². The molecule has 2 N–H and O–H groups in total. The summed E-state index contributed by atoms with van der Waals surface area (Å²) in [6, 6.07) is 1.98. The van der Waals surface area contributed by atoms with Gasteiger partial charge in [0, 0.05) is 25.5 Å². The van der Waals surface area contributed by atoms with Crippen molar-refractivity contribution in [1.82, 2.24) is 4.98 Å². The van der Waals surface area contributed by atoms with E-state index in [-0.39, 0.29) is 6.04 Å². The standard InChI is InChI=1S/C14H24N2O2/c1-3-7-18-13-9-12(10-16-11-13)14(15)6-5-8-17-4-2/h9-11,14H,3-8,15H2,1-2H3. The molecule has 18 heavy (non-hydrogen) atoms. The Hall–Kier alpha value is -1.13. The predicted octanol–water partition coefficient (Wildman–Crippen LogP) is 2.69. The molecule has 0 amide bonds. The first kappa shape index (κ1) is 14.9. The highest BCUT2D eigenvalue weighted by atomic mass is 16.5. The van der Waals surface area contributed by atoms with E-state index < -0.39 is 0 Å². The van der Waals surface area contributed by atoms with Crippen molar-refractivity contribution in [1.29, 1.82) is 0 Å². The van der Waals surface area contributed by atoms with Gasteiger partial charge in [-0.3, -0.25) is 4.98 Å². The first-order valence-electron chi connectivity index (χ1n) is 6.69. The van der Waals surface area contributed by atoms with Crippen LogP contribution in [0.3, 0.4) is 0 Å². The maximum absolute atomic E-state index is 6.12. The van der Waals surface area contributed by atoms with Crippen molar-refractivity contribution in [3.8, 4) is 5.75 Å². The summed E-state index contributed by atoms with van der Waals surface area (Å²) in [7, 11) is 0. The number of ether oxygens (including phenoxy) is 2. The fourth-order valence-electron chi connectivity index (χ4n) is 1.65. The monoisotopic (exact) mass is 252 g/mol. The summed E-state index contributed by atoms with van der Waals surface area (Å²) in [5.74, 6) is 0.801. The molecule has 0 aliphatic heterocycles. The van der Waals surface area contributed by atoms with Gasteiger partial charge in [-0.1, -0.05) is 6.92 Å². The van der Waals surface area contributed by atoms with Gasteiger partial charge in [0.1, 0.15) is 5.75 Å². The number of hydrogen-bond donors (Lipinski definition) is 1. The van der Waals surface area contributed by atoms with E-state index in [4.69, 9.17) is 15.2 Å². The molecular weight excluding hydrogens is 228 g/mol. The van der Waals surface area contributed by atoms with E-state index in [1.54, 1.807) is 6.20 Å². The maximum atomic E-state index is 6.12. The fourth-order valence-corrected chi connectivity index (χ4v) is 1.65. The zero-order valence-corrected chi connectivity index (χ0v) is 11.4. The van der Waals surface area contributed by atoms with Gasteiger partial charge in [0.05, 0.1) is 12.8 Å². The zero-order chi connectivity index (χ0) is 13.2. The van der Waals surface area contributed by atoms with Crippen LogP contribution in [-0.2, 0) is 4.74 Å². The molecule has 1 unspecified atom stereocenters. The molecule has 1 heterocycles. The molecule has 0 saturated carbocycles. The van der Waals surface area contributed by atoms with E-state index in [1.807, 2.05) is 19.2 Å². The molecule has 1 aromatic heterocycles. The Morgan fingerprint density at radius 3 is 2.83 bits per heavy atom. The van der Waals surface area contributed by atoms with Crippen LogP contribution in [0.5, 0.6) is 5.75 Å². The first-order valence-corrected chi connectivity index (χ1v) is 6.69. The van der Waals surface area contributed by atoms with Crippen molar-refractivity contribution in [2.24, 2.45) is 5.73 Å². The van der Waals surface area contributed by atoms with Crippen LogP contribution in [0.2, 0.25) is 0 Å². The Bertz CT molecular complexity index is 331. The molecule has 0 saturated heterocycles. The van der Waals surface area contributed by atoms with Gasteiger partial charge < -0.3 is 15.2 Å². The average Bonchev–Trinajstić information content (AvgIpc) is 2.41. The van der Waals surface area contributed by atoms with Crippen LogP contribution in [0, 0.1) is 0 Å². The lowest BCUT2D eigenvalue weighted by molar-refractivity contribution is 0.142. The highest BCUT2D eigenvalue weighted by Crippen LogP contribution is 2.19. The number of aromatic nitrogens is 1. The summed E-state index contributed by atoms with van der Waals surface area (Å²) < 4.78 is 10.8. The molecular formula is C14H24N2O2. The normalized spacial score (nSPS) is 12.4. The predicted molar refractivity (Wildman–Crippen MR) is 72.7 cm³/mol. The third-order valence-electron chi connectivity index (χ3n) is 2.64. The van der Waals surface area contributed by atoms with Crippen LogP contribution in [0.1, 0.15) is 44.7 Å². The molecule has 1 rings (SSSR count). The summed E-state index contributed by atoms with van der Waals surface area (Å²) in [6.45, 7) is 6.32. The van der Waals surface area contributed by atoms with E-state index in [0.29, 0.717) is 6.61 Å². The minimum Gasteiger partial charge on any atom is -0.492 e. The number of pyridine rings is 1. The number of rotatable bonds is 9. The third-order valence-corrected chi connectivity index (χ3v) is 2.64. The van der Waals surface area contributed by atoms with Crippen LogP contribution >= 0.6 is 0 Å². The van der Waals surface area contributed by atoms with Crippen LogP contribution in [0.15, 0.2) is 18.5 Å². The lowest BCUT2D eigenvalue weighted by Gasteiger charge is -2.13. The second kappa shape index (κ2) is 8.89. The van der Waals surface area contributed by atoms with E-state index >= 15 is 0 Å². The van der Waals surface area contributed by atoms with E-state index in [9.17, 15) is 0 Å². The fraction of sp³-hybridized carbons (Fsp3) is 0.643. The SMILES string of the molecule is CCCOc1cncc(C(N)CCCOCC)c1. The van der Waals surface area contributed by atoms with Gasteiger partial charge in [0.2, 0.25) is 0 Å². The summed E-state index contributed by atoms with van der Waals surface area (Å²) in [5, 5.41) is 0. The summed E-state index contributed by atoms with van der Waals surface area (Å²) >= 11 is 0. The molecule has 0 radical (unpaired) electrons. The van der Waals surface area contributed by atoms with Crippen molar-refractivity contribution in [3.05, 3.63) is 24.0 Å². The van der Waals surface area contributed by atoms with Gasteiger partial charge in [-0.15, -0.1) is 0 Å². The van der Waals surface area contributed by atoms with Crippen molar-refractivity contribution < 1.29 is 9.47 Å². The highest BCUT2D eigenvalue weighted by molar-refractivity contribution is 5.25. The molecule has 0 spiro atoms. The van der Waals surface area contributed by atoms with Crippen molar-refractivity contribution in [2.75, 3.05) is 19.8 Å². The second-order valence-electron chi connectivity index (χ2n) is 4.25. The maximum Gasteiger partial charge on any atom is 0.137 e. The van der Waals surface area contributed by atoms with Crippen molar-refractivity contribution >= 4 is 0 Å². The van der Waals surface area contributed by atoms with Gasteiger partial charge in [-0.05, 0) is 37.8 Å².